The van der Waals surface area contributed by atoms with Gasteiger partial charge in [0, 0.05) is 23.8 Å². The number of fused-ring (bicyclic) bond motifs is 1. The Kier molecular flexibility index (Phi) is 3.06. The summed E-state index contributed by atoms with van der Waals surface area (Å²) in [5, 5.41) is 0. The Morgan fingerprint density at radius 2 is 2.00 bits per heavy atom. The van der Waals surface area contributed by atoms with Crippen LogP contribution >= 0.6 is 0 Å². The quantitative estimate of drug-likeness (QED) is 0.885. The van der Waals surface area contributed by atoms with Crippen LogP contribution in [0.5, 0.6) is 0 Å². The summed E-state index contributed by atoms with van der Waals surface area (Å²) in [4.78, 5) is 2.56. The fourth-order valence-corrected chi connectivity index (χ4v) is 3.64. The maximum atomic E-state index is 6.48. The zero-order chi connectivity index (χ0) is 12.6. The molecule has 1 fully saturated rings. The molecule has 0 radical (unpaired) electrons. The van der Waals surface area contributed by atoms with Crippen molar-refractivity contribution in [3.8, 4) is 0 Å². The summed E-state index contributed by atoms with van der Waals surface area (Å²) in [5.74, 6) is 0. The Bertz CT molecular complexity index is 421. The highest BCUT2D eigenvalue weighted by molar-refractivity contribution is 5.59. The van der Waals surface area contributed by atoms with Gasteiger partial charge >= 0.3 is 0 Å². The number of rotatable bonds is 3. The van der Waals surface area contributed by atoms with E-state index in [1.165, 1.54) is 43.4 Å². The van der Waals surface area contributed by atoms with Crippen molar-refractivity contribution in [3.63, 3.8) is 0 Å². The third-order valence-electron chi connectivity index (χ3n) is 4.80. The monoisotopic (exact) mass is 244 g/mol. The highest BCUT2D eigenvalue weighted by Crippen LogP contribution is 2.35. The van der Waals surface area contributed by atoms with Crippen LogP contribution in [0.2, 0.25) is 0 Å². The first-order valence-corrected chi connectivity index (χ1v) is 7.31. The first kappa shape index (κ1) is 12.0. The summed E-state index contributed by atoms with van der Waals surface area (Å²) in [6.07, 6.45) is 7.42. The maximum absolute atomic E-state index is 6.48. The predicted octanol–water partition coefficient (Wildman–Crippen LogP) is 3.10. The number of para-hydroxylation sites is 1. The van der Waals surface area contributed by atoms with Gasteiger partial charge in [0.2, 0.25) is 0 Å². The molecule has 3 rings (SSSR count). The molecule has 1 atom stereocenters. The molecule has 1 aliphatic heterocycles. The number of anilines is 1. The molecule has 2 N–H and O–H groups in total. The van der Waals surface area contributed by atoms with Gasteiger partial charge in [0.05, 0.1) is 0 Å². The van der Waals surface area contributed by atoms with Crippen molar-refractivity contribution >= 4 is 5.69 Å². The van der Waals surface area contributed by atoms with E-state index in [9.17, 15) is 0 Å². The first-order valence-electron chi connectivity index (χ1n) is 7.31. The molecule has 0 aromatic heterocycles. The number of nitrogens with zero attached hydrogens (tertiary/aromatic N) is 1. The summed E-state index contributed by atoms with van der Waals surface area (Å²) < 4.78 is 0. The second-order valence-corrected chi connectivity index (χ2v) is 6.19. The molecule has 1 heterocycles. The SMILES string of the molecule is CC1Cc2ccccc2N1CCC1(N)CCCC1. The van der Waals surface area contributed by atoms with Crippen LogP contribution in [0.1, 0.15) is 44.6 Å². The van der Waals surface area contributed by atoms with Gasteiger partial charge in [-0.3, -0.25) is 0 Å². The second kappa shape index (κ2) is 4.58. The van der Waals surface area contributed by atoms with E-state index in [1.54, 1.807) is 0 Å². The van der Waals surface area contributed by atoms with Gasteiger partial charge in [-0.1, -0.05) is 31.0 Å². The number of benzene rings is 1. The van der Waals surface area contributed by atoms with Gasteiger partial charge < -0.3 is 10.6 Å². The standard InChI is InChI=1S/C16H24N2/c1-13-12-14-6-2-3-7-15(14)18(13)11-10-16(17)8-4-5-9-16/h2-3,6-7,13H,4-5,8-12,17H2,1H3. The smallest absolute Gasteiger partial charge is 0.0402 e. The molecule has 1 aliphatic carbocycles. The molecule has 1 unspecified atom stereocenters. The highest BCUT2D eigenvalue weighted by Gasteiger charge is 2.32. The molecule has 98 valence electrons. The lowest BCUT2D eigenvalue weighted by Crippen LogP contribution is -2.41. The summed E-state index contributed by atoms with van der Waals surface area (Å²) in [7, 11) is 0. The molecule has 18 heavy (non-hydrogen) atoms. The van der Waals surface area contributed by atoms with Crippen molar-refractivity contribution in [2.45, 2.75) is 57.0 Å². The van der Waals surface area contributed by atoms with Gasteiger partial charge in [0.1, 0.15) is 0 Å². The molecular formula is C16H24N2. The second-order valence-electron chi connectivity index (χ2n) is 6.19. The highest BCUT2D eigenvalue weighted by atomic mass is 15.2. The van der Waals surface area contributed by atoms with E-state index < -0.39 is 0 Å². The van der Waals surface area contributed by atoms with Crippen LogP contribution in [0.3, 0.4) is 0 Å². The van der Waals surface area contributed by atoms with Gasteiger partial charge in [0.15, 0.2) is 0 Å². The molecule has 2 heteroatoms. The van der Waals surface area contributed by atoms with Crippen molar-refractivity contribution in [2.24, 2.45) is 5.73 Å². The van der Waals surface area contributed by atoms with Crippen molar-refractivity contribution in [1.82, 2.24) is 0 Å². The van der Waals surface area contributed by atoms with Crippen LogP contribution in [0.25, 0.3) is 0 Å². The van der Waals surface area contributed by atoms with Crippen LogP contribution in [-0.4, -0.2) is 18.1 Å². The summed E-state index contributed by atoms with van der Waals surface area (Å²) in [6, 6.07) is 9.46. The average molecular weight is 244 g/mol. The third kappa shape index (κ3) is 2.14. The molecule has 0 bridgehead atoms. The van der Waals surface area contributed by atoms with Crippen LogP contribution in [0.4, 0.5) is 5.69 Å². The molecule has 1 aromatic rings. The minimum atomic E-state index is 0.122. The van der Waals surface area contributed by atoms with Gasteiger partial charge in [0.25, 0.3) is 0 Å². The van der Waals surface area contributed by atoms with E-state index in [0.29, 0.717) is 6.04 Å². The van der Waals surface area contributed by atoms with E-state index in [4.69, 9.17) is 5.73 Å². The van der Waals surface area contributed by atoms with Crippen molar-refractivity contribution in [2.75, 3.05) is 11.4 Å². The zero-order valence-corrected chi connectivity index (χ0v) is 11.4. The average Bonchev–Trinajstić information content (AvgIpc) is 2.91. The molecule has 2 nitrogen and oxygen atoms in total. The lowest BCUT2D eigenvalue weighted by Gasteiger charge is -2.30. The van der Waals surface area contributed by atoms with E-state index >= 15 is 0 Å². The molecule has 0 spiro atoms. The molecule has 2 aliphatic rings. The van der Waals surface area contributed by atoms with Gasteiger partial charge in [-0.05, 0) is 44.2 Å². The van der Waals surface area contributed by atoms with E-state index in [2.05, 4.69) is 36.1 Å². The van der Waals surface area contributed by atoms with E-state index in [-0.39, 0.29) is 5.54 Å². The van der Waals surface area contributed by atoms with Gasteiger partial charge in [-0.15, -0.1) is 0 Å². The largest absolute Gasteiger partial charge is 0.368 e. The fraction of sp³-hybridized carbons (Fsp3) is 0.625. The Hall–Kier alpha value is -1.02. The third-order valence-corrected chi connectivity index (χ3v) is 4.80. The fourth-order valence-electron chi connectivity index (χ4n) is 3.64. The lowest BCUT2D eigenvalue weighted by atomic mass is 9.94. The topological polar surface area (TPSA) is 29.3 Å². The number of hydrogen-bond donors (Lipinski definition) is 1. The van der Waals surface area contributed by atoms with Crippen molar-refractivity contribution < 1.29 is 0 Å². The lowest BCUT2D eigenvalue weighted by molar-refractivity contribution is 0.402. The van der Waals surface area contributed by atoms with Crippen LogP contribution in [0, 0.1) is 0 Å². The van der Waals surface area contributed by atoms with Crippen molar-refractivity contribution in [3.05, 3.63) is 29.8 Å². The first-order chi connectivity index (χ1) is 8.68. The molecule has 0 amide bonds. The number of nitrogens with two attached hydrogens (primary N) is 1. The van der Waals surface area contributed by atoms with Crippen LogP contribution < -0.4 is 10.6 Å². The molecule has 0 saturated heterocycles. The van der Waals surface area contributed by atoms with Gasteiger partial charge in [-0.25, -0.2) is 0 Å². The Morgan fingerprint density at radius 3 is 2.78 bits per heavy atom. The zero-order valence-electron chi connectivity index (χ0n) is 11.4. The normalized spacial score (nSPS) is 25.4. The molecule has 1 aromatic carbocycles. The summed E-state index contributed by atoms with van der Waals surface area (Å²) >= 11 is 0. The predicted molar refractivity (Wildman–Crippen MR) is 77.0 cm³/mol. The minimum absolute atomic E-state index is 0.122. The number of hydrogen-bond acceptors (Lipinski definition) is 2. The van der Waals surface area contributed by atoms with E-state index in [0.717, 1.165) is 13.0 Å². The van der Waals surface area contributed by atoms with Gasteiger partial charge in [-0.2, -0.15) is 0 Å². The van der Waals surface area contributed by atoms with Crippen LogP contribution in [0.15, 0.2) is 24.3 Å². The maximum Gasteiger partial charge on any atom is 0.0402 e. The summed E-state index contributed by atoms with van der Waals surface area (Å²) in [5.41, 5.74) is 9.54. The Morgan fingerprint density at radius 1 is 1.28 bits per heavy atom. The van der Waals surface area contributed by atoms with Crippen molar-refractivity contribution in [1.29, 1.82) is 0 Å². The minimum Gasteiger partial charge on any atom is -0.368 e. The molecule has 1 saturated carbocycles. The Balaban J connectivity index is 1.69. The Labute approximate surface area is 110 Å². The molecular weight excluding hydrogens is 220 g/mol. The summed E-state index contributed by atoms with van der Waals surface area (Å²) in [6.45, 7) is 3.45. The van der Waals surface area contributed by atoms with E-state index in [1.807, 2.05) is 0 Å². The van der Waals surface area contributed by atoms with Crippen LogP contribution in [-0.2, 0) is 6.42 Å².